The van der Waals surface area contributed by atoms with Crippen LogP contribution < -0.4 is 5.44 Å². The molecule has 1 aromatic heterocycles. The molecule has 1 atom stereocenters. The molecule has 0 saturated heterocycles. The third kappa shape index (κ3) is 0.763. The van der Waals surface area contributed by atoms with Crippen molar-refractivity contribution in [1.82, 2.24) is 4.98 Å². The zero-order chi connectivity index (χ0) is 4.41. The second-order valence-electron chi connectivity index (χ2n) is 0.913. The van der Waals surface area contributed by atoms with Gasteiger partial charge in [-0.3, -0.25) is 0 Å². The van der Waals surface area contributed by atoms with E-state index in [-0.39, 0.29) is 0 Å². The van der Waals surface area contributed by atoms with Crippen LogP contribution in [0.1, 0.15) is 0 Å². The normalized spacial score (nSPS) is 8.83. The highest BCUT2D eigenvalue weighted by Crippen LogP contribution is 1.90. The van der Waals surface area contributed by atoms with E-state index < -0.39 is 0 Å². The number of nitrogens with zero attached hydrogens (tertiary/aromatic N) is 1. The molecule has 1 heterocycles. The molecule has 0 aliphatic carbocycles. The Morgan fingerprint density at radius 2 is 2.67 bits per heavy atom. The summed E-state index contributed by atoms with van der Waals surface area (Å²) >= 11 is 1.61. The Kier molecular flexibility index (Phi) is 1.18. The van der Waals surface area contributed by atoms with Crippen LogP contribution >= 0.6 is 20.6 Å². The van der Waals surface area contributed by atoms with Crippen LogP contribution in [0.4, 0.5) is 0 Å². The van der Waals surface area contributed by atoms with E-state index in [9.17, 15) is 0 Å². The average molecular weight is 117 g/mol. The van der Waals surface area contributed by atoms with E-state index in [1.54, 1.807) is 11.3 Å². The van der Waals surface area contributed by atoms with E-state index in [0.29, 0.717) is 0 Å². The third-order valence-electron chi connectivity index (χ3n) is 0.451. The quantitative estimate of drug-likeness (QED) is 0.454. The molecule has 0 aromatic carbocycles. The SMILES string of the molecule is Pc1cscn1. The molecule has 1 rings (SSSR count). The molecule has 0 amide bonds. The van der Waals surface area contributed by atoms with Crippen molar-refractivity contribution in [1.29, 1.82) is 0 Å². The molecule has 0 N–H and O–H groups in total. The number of aromatic nitrogens is 1. The Hall–Kier alpha value is 0.0600. The van der Waals surface area contributed by atoms with Crippen molar-refractivity contribution >= 4 is 26.0 Å². The first-order chi connectivity index (χ1) is 2.89. The third-order valence-corrected chi connectivity index (χ3v) is 1.61. The Balaban J connectivity index is 3.05. The van der Waals surface area contributed by atoms with Crippen molar-refractivity contribution in [2.75, 3.05) is 0 Å². The first-order valence-corrected chi connectivity index (χ1v) is 3.05. The lowest BCUT2D eigenvalue weighted by atomic mass is 11.0. The first kappa shape index (κ1) is 4.23. The summed E-state index contributed by atoms with van der Waals surface area (Å²) in [5.74, 6) is 0. The van der Waals surface area contributed by atoms with Gasteiger partial charge in [0.2, 0.25) is 0 Å². The van der Waals surface area contributed by atoms with Crippen LogP contribution in [0.5, 0.6) is 0 Å². The summed E-state index contributed by atoms with van der Waals surface area (Å²) in [5.41, 5.74) is 2.84. The van der Waals surface area contributed by atoms with Crippen LogP contribution in [0.15, 0.2) is 10.9 Å². The molecule has 1 aromatic rings. The molecule has 0 spiro atoms. The van der Waals surface area contributed by atoms with Crippen molar-refractivity contribution in [3.63, 3.8) is 0 Å². The summed E-state index contributed by atoms with van der Waals surface area (Å²) in [5, 5.41) is 1.98. The van der Waals surface area contributed by atoms with Gasteiger partial charge in [-0.25, -0.2) is 4.98 Å². The lowest BCUT2D eigenvalue weighted by Crippen LogP contribution is -1.83. The summed E-state index contributed by atoms with van der Waals surface area (Å²) in [6.45, 7) is 0. The van der Waals surface area contributed by atoms with Crippen LogP contribution in [0.2, 0.25) is 0 Å². The lowest BCUT2D eigenvalue weighted by Gasteiger charge is -1.64. The second kappa shape index (κ2) is 1.67. The van der Waals surface area contributed by atoms with Crippen LogP contribution in [0.3, 0.4) is 0 Å². The summed E-state index contributed by atoms with van der Waals surface area (Å²) in [6.07, 6.45) is 0. The molecule has 6 heavy (non-hydrogen) atoms. The number of rotatable bonds is 0. The molecule has 0 bridgehead atoms. The lowest BCUT2D eigenvalue weighted by molar-refractivity contribution is 1.50. The summed E-state index contributed by atoms with van der Waals surface area (Å²) < 4.78 is 0. The van der Waals surface area contributed by atoms with Crippen molar-refractivity contribution in [2.45, 2.75) is 0 Å². The maximum atomic E-state index is 3.90. The highest BCUT2D eigenvalue weighted by molar-refractivity contribution is 7.28. The molecule has 1 unspecified atom stereocenters. The molecule has 0 fully saturated rings. The highest BCUT2D eigenvalue weighted by atomic mass is 32.1. The van der Waals surface area contributed by atoms with Gasteiger partial charge in [0.05, 0.1) is 10.9 Å². The number of thiazole rings is 1. The topological polar surface area (TPSA) is 12.9 Å². The minimum Gasteiger partial charge on any atom is -0.246 e. The van der Waals surface area contributed by atoms with E-state index in [2.05, 4.69) is 14.2 Å². The fourth-order valence-corrected chi connectivity index (χ4v) is 1.08. The molecular weight excluding hydrogens is 113 g/mol. The van der Waals surface area contributed by atoms with Crippen LogP contribution in [0.25, 0.3) is 0 Å². The summed E-state index contributed by atoms with van der Waals surface area (Å²) in [4.78, 5) is 3.90. The van der Waals surface area contributed by atoms with Gasteiger partial charge >= 0.3 is 0 Å². The molecule has 0 aliphatic heterocycles. The Labute approximate surface area is 42.6 Å². The van der Waals surface area contributed by atoms with Crippen LogP contribution in [-0.4, -0.2) is 4.98 Å². The summed E-state index contributed by atoms with van der Waals surface area (Å²) in [6, 6.07) is 0. The highest BCUT2D eigenvalue weighted by Gasteiger charge is 1.76. The standard InChI is InChI=1S/C3H4NPS/c5-3-1-6-2-4-3/h1-2H,5H2. The molecule has 1 nitrogen and oxygen atoms in total. The van der Waals surface area contributed by atoms with Gasteiger partial charge in [0.15, 0.2) is 0 Å². The average Bonchev–Trinajstić information content (AvgIpc) is 1.86. The number of hydrogen-bond donors (Lipinski definition) is 0. The van der Waals surface area contributed by atoms with Crippen molar-refractivity contribution in [3.05, 3.63) is 10.9 Å². The van der Waals surface area contributed by atoms with E-state index >= 15 is 0 Å². The van der Waals surface area contributed by atoms with Gasteiger partial charge in [-0.2, -0.15) is 0 Å². The monoisotopic (exact) mass is 117 g/mol. The van der Waals surface area contributed by atoms with Gasteiger partial charge < -0.3 is 0 Å². The Morgan fingerprint density at radius 1 is 1.83 bits per heavy atom. The first-order valence-electron chi connectivity index (χ1n) is 1.53. The minimum atomic E-state index is 1.03. The van der Waals surface area contributed by atoms with Gasteiger partial charge in [-0.1, -0.05) is 9.24 Å². The van der Waals surface area contributed by atoms with E-state index in [0.717, 1.165) is 5.44 Å². The minimum absolute atomic E-state index is 1.03. The predicted molar refractivity (Wildman–Crippen MR) is 31.5 cm³/mol. The van der Waals surface area contributed by atoms with Crippen molar-refractivity contribution in [3.8, 4) is 0 Å². The van der Waals surface area contributed by atoms with Gasteiger partial charge in [0.1, 0.15) is 0 Å². The molecule has 0 saturated carbocycles. The largest absolute Gasteiger partial charge is 0.246 e. The van der Waals surface area contributed by atoms with Gasteiger partial charge in [0.25, 0.3) is 0 Å². The van der Waals surface area contributed by atoms with Gasteiger partial charge in [-0.05, 0) is 0 Å². The number of hydrogen-bond acceptors (Lipinski definition) is 2. The fourth-order valence-electron chi connectivity index (χ4n) is 0.222. The van der Waals surface area contributed by atoms with E-state index in [4.69, 9.17) is 0 Å². The zero-order valence-corrected chi connectivity index (χ0v) is 5.06. The fraction of sp³-hybridized carbons (Fsp3) is 0. The van der Waals surface area contributed by atoms with E-state index in [1.165, 1.54) is 0 Å². The second-order valence-corrected chi connectivity index (χ2v) is 2.22. The van der Waals surface area contributed by atoms with Gasteiger partial charge in [0, 0.05) is 5.38 Å². The molecular formula is C3H4NPS. The Bertz CT molecular complexity index is 114. The van der Waals surface area contributed by atoms with Crippen molar-refractivity contribution in [2.24, 2.45) is 0 Å². The summed E-state index contributed by atoms with van der Waals surface area (Å²) in [7, 11) is 2.52. The van der Waals surface area contributed by atoms with Crippen LogP contribution in [0, 0.1) is 0 Å². The maximum absolute atomic E-state index is 3.90. The van der Waals surface area contributed by atoms with Gasteiger partial charge in [-0.15, -0.1) is 11.3 Å². The van der Waals surface area contributed by atoms with Crippen molar-refractivity contribution < 1.29 is 0 Å². The molecule has 32 valence electrons. The maximum Gasteiger partial charge on any atom is 0.0799 e. The molecule has 0 radical (unpaired) electrons. The smallest absolute Gasteiger partial charge is 0.0799 e. The molecule has 3 heteroatoms. The zero-order valence-electron chi connectivity index (χ0n) is 3.09. The predicted octanol–water partition coefficient (Wildman–Crippen LogP) is 0.643. The molecule has 0 aliphatic rings. The van der Waals surface area contributed by atoms with Crippen LogP contribution in [-0.2, 0) is 0 Å². The van der Waals surface area contributed by atoms with E-state index in [1.807, 2.05) is 10.9 Å². The Morgan fingerprint density at radius 3 is 2.83 bits per heavy atom.